The second-order valence-corrected chi connectivity index (χ2v) is 5.60. The van der Waals surface area contributed by atoms with E-state index in [1.807, 2.05) is 24.3 Å². The van der Waals surface area contributed by atoms with Gasteiger partial charge in [-0.3, -0.25) is 0 Å². The summed E-state index contributed by atoms with van der Waals surface area (Å²) in [6, 6.07) is 16.0. The third-order valence-corrected chi connectivity index (χ3v) is 3.87. The summed E-state index contributed by atoms with van der Waals surface area (Å²) in [7, 11) is 1.64. The van der Waals surface area contributed by atoms with Crippen LogP contribution in [0.4, 0.5) is 11.4 Å². The molecule has 3 rings (SSSR count). The summed E-state index contributed by atoms with van der Waals surface area (Å²) in [4.78, 5) is 6.73. The van der Waals surface area contributed by atoms with E-state index in [2.05, 4.69) is 51.6 Å². The van der Waals surface area contributed by atoms with Crippen LogP contribution in [0.2, 0.25) is 0 Å². The molecule has 0 spiro atoms. The zero-order valence-electron chi connectivity index (χ0n) is 13.8. The zero-order valence-corrected chi connectivity index (χ0v) is 13.8. The summed E-state index contributed by atoms with van der Waals surface area (Å²) < 4.78 is 5.20. The maximum Gasteiger partial charge on any atom is 0.193 e. The Morgan fingerprint density at radius 3 is 2.75 bits per heavy atom. The van der Waals surface area contributed by atoms with E-state index in [-0.39, 0.29) is 0 Å². The second-order valence-electron chi connectivity index (χ2n) is 5.60. The maximum absolute atomic E-state index is 5.98. The molecule has 1 aliphatic heterocycles. The Morgan fingerprint density at radius 2 is 1.96 bits per heavy atom. The van der Waals surface area contributed by atoms with Gasteiger partial charge in [0.05, 0.1) is 13.7 Å². The van der Waals surface area contributed by atoms with Crippen LogP contribution in [0.15, 0.2) is 65.7 Å². The lowest BCUT2D eigenvalue weighted by atomic mass is 10.2. The molecular weight excluding hydrogens is 300 g/mol. The van der Waals surface area contributed by atoms with Crippen LogP contribution in [0, 0.1) is 0 Å². The highest BCUT2D eigenvalue weighted by Gasteiger charge is 2.07. The van der Waals surface area contributed by atoms with Crippen LogP contribution in [0.25, 0.3) is 0 Å². The molecule has 0 saturated carbocycles. The first-order valence-electron chi connectivity index (χ1n) is 7.94. The first kappa shape index (κ1) is 15.9. The molecule has 0 bridgehead atoms. The highest BCUT2D eigenvalue weighted by Crippen LogP contribution is 2.19. The van der Waals surface area contributed by atoms with Gasteiger partial charge in [-0.1, -0.05) is 30.4 Å². The Hall–Kier alpha value is -2.95. The molecule has 24 heavy (non-hydrogen) atoms. The molecule has 0 unspecified atom stereocenters. The Kier molecular flexibility index (Phi) is 5.01. The van der Waals surface area contributed by atoms with Gasteiger partial charge in [-0.25, -0.2) is 4.99 Å². The average molecular weight is 322 g/mol. The lowest BCUT2D eigenvalue weighted by molar-refractivity contribution is 0.415. The third kappa shape index (κ3) is 4.07. The summed E-state index contributed by atoms with van der Waals surface area (Å²) in [5, 5.41) is 3.08. The molecule has 124 valence electrons. The molecule has 2 aromatic carbocycles. The number of nitrogens with one attached hydrogen (secondary N) is 1. The molecule has 0 fully saturated rings. The summed E-state index contributed by atoms with van der Waals surface area (Å²) in [5.41, 5.74) is 9.19. The molecule has 5 nitrogen and oxygen atoms in total. The van der Waals surface area contributed by atoms with Crippen molar-refractivity contribution in [1.82, 2.24) is 0 Å². The van der Waals surface area contributed by atoms with Crippen molar-refractivity contribution in [2.24, 2.45) is 10.7 Å². The molecule has 0 atom stereocenters. The fourth-order valence-corrected chi connectivity index (χ4v) is 2.61. The Balaban J connectivity index is 1.63. The number of nitrogens with two attached hydrogens (primary N) is 1. The van der Waals surface area contributed by atoms with Gasteiger partial charge in [0.15, 0.2) is 5.96 Å². The minimum absolute atomic E-state index is 0.386. The molecule has 1 aliphatic rings. The van der Waals surface area contributed by atoms with E-state index in [0.717, 1.165) is 30.1 Å². The predicted molar refractivity (Wildman–Crippen MR) is 99.7 cm³/mol. The minimum Gasteiger partial charge on any atom is -0.497 e. The van der Waals surface area contributed by atoms with Crippen LogP contribution in [-0.2, 0) is 6.54 Å². The quantitative estimate of drug-likeness (QED) is 0.505. The molecule has 0 aliphatic carbocycles. The molecule has 1 heterocycles. The van der Waals surface area contributed by atoms with Crippen LogP contribution in [0.5, 0.6) is 5.75 Å². The maximum atomic E-state index is 5.98. The van der Waals surface area contributed by atoms with Gasteiger partial charge in [-0.05, 0) is 29.8 Å². The molecule has 5 heteroatoms. The van der Waals surface area contributed by atoms with Crippen molar-refractivity contribution in [3.8, 4) is 5.75 Å². The molecule has 2 aromatic rings. The molecular formula is C19H22N4O. The number of nitrogens with zero attached hydrogens (tertiary/aromatic N) is 2. The van der Waals surface area contributed by atoms with Gasteiger partial charge in [-0.15, -0.1) is 0 Å². The summed E-state index contributed by atoms with van der Waals surface area (Å²) in [5.74, 6) is 1.16. The van der Waals surface area contributed by atoms with Crippen molar-refractivity contribution in [1.29, 1.82) is 0 Å². The van der Waals surface area contributed by atoms with Gasteiger partial charge in [0.1, 0.15) is 5.75 Å². The monoisotopic (exact) mass is 322 g/mol. The van der Waals surface area contributed by atoms with Crippen LogP contribution in [-0.4, -0.2) is 26.2 Å². The largest absolute Gasteiger partial charge is 0.497 e. The summed E-state index contributed by atoms with van der Waals surface area (Å²) in [6.07, 6.45) is 4.36. The van der Waals surface area contributed by atoms with Crippen LogP contribution < -0.4 is 20.7 Å². The summed E-state index contributed by atoms with van der Waals surface area (Å²) in [6.45, 7) is 2.47. The van der Waals surface area contributed by atoms with Gasteiger partial charge in [-0.2, -0.15) is 0 Å². The van der Waals surface area contributed by atoms with Crippen molar-refractivity contribution in [2.75, 3.05) is 30.4 Å². The number of benzene rings is 2. The van der Waals surface area contributed by atoms with Crippen molar-refractivity contribution in [3.63, 3.8) is 0 Å². The van der Waals surface area contributed by atoms with Gasteiger partial charge < -0.3 is 20.7 Å². The molecule has 0 aromatic heterocycles. The van der Waals surface area contributed by atoms with Gasteiger partial charge in [0.25, 0.3) is 0 Å². The zero-order chi connectivity index (χ0) is 16.8. The van der Waals surface area contributed by atoms with Crippen molar-refractivity contribution < 1.29 is 4.74 Å². The Morgan fingerprint density at radius 1 is 1.17 bits per heavy atom. The van der Waals surface area contributed by atoms with Crippen LogP contribution in [0.3, 0.4) is 0 Å². The number of hydrogen-bond acceptors (Lipinski definition) is 3. The third-order valence-electron chi connectivity index (χ3n) is 3.87. The van der Waals surface area contributed by atoms with E-state index in [9.17, 15) is 0 Å². The number of methoxy groups -OCH3 is 1. The molecule has 0 saturated heterocycles. The van der Waals surface area contributed by atoms with E-state index in [1.54, 1.807) is 7.11 Å². The minimum atomic E-state index is 0.386. The number of rotatable bonds is 5. The van der Waals surface area contributed by atoms with Crippen molar-refractivity contribution in [2.45, 2.75) is 6.54 Å². The van der Waals surface area contributed by atoms with E-state index in [0.29, 0.717) is 12.5 Å². The normalized spacial score (nSPS) is 14.0. The van der Waals surface area contributed by atoms with Gasteiger partial charge in [0, 0.05) is 30.5 Å². The van der Waals surface area contributed by atoms with E-state index in [1.165, 1.54) is 5.69 Å². The van der Waals surface area contributed by atoms with Gasteiger partial charge >= 0.3 is 0 Å². The first-order valence-corrected chi connectivity index (χ1v) is 7.94. The Labute approximate surface area is 142 Å². The van der Waals surface area contributed by atoms with Crippen LogP contribution in [0.1, 0.15) is 5.56 Å². The number of guanidine groups is 1. The second kappa shape index (κ2) is 7.55. The topological polar surface area (TPSA) is 62.9 Å². The predicted octanol–water partition coefficient (Wildman–Crippen LogP) is 3.00. The lowest BCUT2D eigenvalue weighted by Gasteiger charge is -2.18. The highest BCUT2D eigenvalue weighted by atomic mass is 16.5. The Bertz CT molecular complexity index is 747. The van der Waals surface area contributed by atoms with E-state index >= 15 is 0 Å². The standard InChI is InChI=1S/C19H22N4O/c1-24-18-9-5-7-16(13-18)22-19(20)21-14-15-6-4-8-17(12-15)23-10-2-3-11-23/h2-9,12-13H,10-11,14H2,1H3,(H3,20,21,22). The lowest BCUT2D eigenvalue weighted by Crippen LogP contribution is -2.22. The fraction of sp³-hybridized carbons (Fsp3) is 0.211. The van der Waals surface area contributed by atoms with E-state index in [4.69, 9.17) is 10.5 Å². The number of hydrogen-bond donors (Lipinski definition) is 2. The summed E-state index contributed by atoms with van der Waals surface area (Å²) >= 11 is 0. The molecule has 0 amide bonds. The fourth-order valence-electron chi connectivity index (χ4n) is 2.61. The van der Waals surface area contributed by atoms with Crippen LogP contribution >= 0.6 is 0 Å². The number of anilines is 2. The average Bonchev–Trinajstić information content (AvgIpc) is 3.15. The molecule has 0 radical (unpaired) electrons. The molecule has 3 N–H and O–H groups in total. The smallest absolute Gasteiger partial charge is 0.193 e. The number of aliphatic imine (C=N–C) groups is 1. The first-order chi connectivity index (χ1) is 11.7. The SMILES string of the molecule is COc1cccc(NC(N)=NCc2cccc(N3CC=CC3)c2)c1. The van der Waals surface area contributed by atoms with Crippen molar-refractivity contribution in [3.05, 3.63) is 66.2 Å². The van der Waals surface area contributed by atoms with Gasteiger partial charge in [0.2, 0.25) is 0 Å². The number of ether oxygens (including phenoxy) is 1. The highest BCUT2D eigenvalue weighted by molar-refractivity contribution is 5.92. The van der Waals surface area contributed by atoms with E-state index < -0.39 is 0 Å². The van der Waals surface area contributed by atoms with Crippen molar-refractivity contribution >= 4 is 17.3 Å².